The van der Waals surface area contributed by atoms with Crippen molar-refractivity contribution >= 4 is 33.7 Å². The van der Waals surface area contributed by atoms with Crippen LogP contribution in [0.5, 0.6) is 0 Å². The minimum atomic E-state index is -3.91. The van der Waals surface area contributed by atoms with E-state index in [9.17, 15) is 13.2 Å². The van der Waals surface area contributed by atoms with Gasteiger partial charge in [0.25, 0.3) is 10.0 Å². The summed E-state index contributed by atoms with van der Waals surface area (Å²) in [5.74, 6) is 1.22. The molecule has 12 nitrogen and oxygen atoms in total. The van der Waals surface area contributed by atoms with Crippen LogP contribution in [-0.4, -0.2) is 88.1 Å². The van der Waals surface area contributed by atoms with Crippen LogP contribution in [0.3, 0.4) is 0 Å². The molecule has 3 atom stereocenters. The lowest BCUT2D eigenvalue weighted by Gasteiger charge is -2.44. The van der Waals surface area contributed by atoms with Gasteiger partial charge in [0.05, 0.1) is 16.9 Å². The van der Waals surface area contributed by atoms with Crippen LogP contribution in [0.1, 0.15) is 66.6 Å². The summed E-state index contributed by atoms with van der Waals surface area (Å²) in [6, 6.07) is 8.59. The number of aromatic amines is 1. The Balaban J connectivity index is 1.48. The molecule has 1 fully saturated rings. The molecule has 1 saturated heterocycles. The Labute approximate surface area is 266 Å². The Morgan fingerprint density at radius 3 is 2.38 bits per heavy atom. The van der Waals surface area contributed by atoms with Gasteiger partial charge in [-0.25, -0.2) is 22.5 Å². The van der Waals surface area contributed by atoms with Crippen LogP contribution in [-0.2, 0) is 20.2 Å². The van der Waals surface area contributed by atoms with Crippen molar-refractivity contribution < 1.29 is 17.9 Å². The summed E-state index contributed by atoms with van der Waals surface area (Å²) in [6.45, 7) is 19.3. The predicted molar refractivity (Wildman–Crippen MR) is 176 cm³/mol. The standard InChI is InChI=1S/C32H46N8O4S/c1-20(2)24-19-38(16-17-39(24)30(41)44-32(7,8)9)29-34-27(33-26-18-25(36-37-26)31(4,5)6)23-14-15-40(28(23)35-29)45(42,43)22-12-10-21(3)11-13-22/h10-15,18,20,23-24,28H,16-17,19H2,1-9H3,(H2,33,34,35,36,37)/t23?,24-,28?/m0/s1. The van der Waals surface area contributed by atoms with Crippen molar-refractivity contribution in [3.63, 3.8) is 0 Å². The first kappa shape index (κ1) is 32.5. The quantitative estimate of drug-likeness (QED) is 0.485. The number of hydrogen-bond donors (Lipinski definition) is 2. The number of guanidine groups is 1. The number of aliphatic imine (C=N–C) groups is 2. The minimum absolute atomic E-state index is 0.130. The first-order valence-corrected chi connectivity index (χ1v) is 16.9. The molecule has 1 aromatic heterocycles. The van der Waals surface area contributed by atoms with E-state index in [0.717, 1.165) is 11.3 Å². The van der Waals surface area contributed by atoms with Crippen molar-refractivity contribution in [2.45, 2.75) is 90.4 Å². The highest BCUT2D eigenvalue weighted by Gasteiger charge is 2.44. The molecule has 0 aliphatic carbocycles. The van der Waals surface area contributed by atoms with E-state index in [1.807, 2.05) is 44.7 Å². The third-order valence-corrected chi connectivity index (χ3v) is 9.90. The number of amidine groups is 1. The number of piperazine rings is 1. The van der Waals surface area contributed by atoms with Crippen LogP contribution in [0, 0.1) is 18.8 Å². The van der Waals surface area contributed by atoms with Crippen molar-refractivity contribution in [3.05, 3.63) is 53.9 Å². The molecule has 4 heterocycles. The number of aromatic nitrogens is 2. The van der Waals surface area contributed by atoms with E-state index in [4.69, 9.17) is 14.7 Å². The molecule has 2 N–H and O–H groups in total. The molecule has 244 valence electrons. The predicted octanol–water partition coefficient (Wildman–Crippen LogP) is 4.93. The van der Waals surface area contributed by atoms with E-state index in [0.29, 0.717) is 37.2 Å². The molecule has 45 heavy (non-hydrogen) atoms. The first-order chi connectivity index (χ1) is 20.9. The summed E-state index contributed by atoms with van der Waals surface area (Å²) < 4.78 is 34.8. The summed E-state index contributed by atoms with van der Waals surface area (Å²) in [4.78, 5) is 27.0. The zero-order valence-electron chi connectivity index (χ0n) is 27.7. The third-order valence-electron chi connectivity index (χ3n) is 8.14. The number of carbonyl (C=O) groups is 1. The summed E-state index contributed by atoms with van der Waals surface area (Å²) in [6.07, 6.45) is 2.27. The van der Waals surface area contributed by atoms with Crippen LogP contribution in [0.4, 0.5) is 10.6 Å². The number of carbonyl (C=O) groups excluding carboxylic acids is 1. The maximum Gasteiger partial charge on any atom is 0.410 e. The zero-order valence-corrected chi connectivity index (χ0v) is 28.5. The van der Waals surface area contributed by atoms with E-state index in [2.05, 4.69) is 50.1 Å². The van der Waals surface area contributed by atoms with Gasteiger partial charge in [0.2, 0.25) is 5.96 Å². The minimum Gasteiger partial charge on any atom is -0.444 e. The lowest BCUT2D eigenvalue weighted by molar-refractivity contribution is -0.00189. The van der Waals surface area contributed by atoms with Crippen molar-refractivity contribution in [1.29, 1.82) is 0 Å². The maximum atomic E-state index is 13.9. The number of fused-ring (bicyclic) bond motifs is 1. The lowest BCUT2D eigenvalue weighted by atomic mass is 9.92. The number of rotatable bonds is 4. The second kappa shape index (κ2) is 11.8. The molecular formula is C32H46N8O4S. The van der Waals surface area contributed by atoms with Gasteiger partial charge in [-0.05, 0) is 45.7 Å². The number of benzene rings is 1. The van der Waals surface area contributed by atoms with E-state index in [1.54, 1.807) is 35.4 Å². The normalized spacial score (nSPS) is 22.4. The van der Waals surface area contributed by atoms with Crippen LogP contribution >= 0.6 is 0 Å². The van der Waals surface area contributed by atoms with Gasteiger partial charge < -0.3 is 19.9 Å². The maximum absolute atomic E-state index is 13.9. The highest BCUT2D eigenvalue weighted by Crippen LogP contribution is 2.34. The molecule has 13 heteroatoms. The Morgan fingerprint density at radius 2 is 1.78 bits per heavy atom. The van der Waals surface area contributed by atoms with E-state index in [1.165, 1.54) is 4.31 Å². The van der Waals surface area contributed by atoms with Gasteiger partial charge in [0.1, 0.15) is 11.4 Å². The number of aryl methyl sites for hydroxylation is 1. The Hall–Kier alpha value is -3.87. The van der Waals surface area contributed by atoms with Gasteiger partial charge in [-0.1, -0.05) is 58.4 Å². The van der Waals surface area contributed by atoms with Crippen molar-refractivity contribution in [2.24, 2.45) is 21.8 Å². The fourth-order valence-electron chi connectivity index (χ4n) is 5.55. The van der Waals surface area contributed by atoms with Crippen molar-refractivity contribution in [3.8, 4) is 0 Å². The van der Waals surface area contributed by atoms with Crippen LogP contribution in [0.15, 0.2) is 57.5 Å². The number of sulfonamides is 1. The fourth-order valence-corrected chi connectivity index (χ4v) is 6.97. The summed E-state index contributed by atoms with van der Waals surface area (Å²) in [5.41, 5.74) is 1.18. The molecule has 3 aliphatic rings. The Morgan fingerprint density at radius 1 is 1.09 bits per heavy atom. The molecular weight excluding hydrogens is 592 g/mol. The summed E-state index contributed by atoms with van der Waals surface area (Å²) in [7, 11) is -3.91. The second-order valence-corrected chi connectivity index (χ2v) is 16.2. The van der Waals surface area contributed by atoms with Crippen LogP contribution in [0.25, 0.3) is 0 Å². The molecule has 0 bridgehead atoms. The van der Waals surface area contributed by atoms with Gasteiger partial charge in [-0.15, -0.1) is 0 Å². The average Bonchev–Trinajstić information content (AvgIpc) is 3.60. The van der Waals surface area contributed by atoms with E-state index < -0.39 is 27.7 Å². The molecule has 5 rings (SSSR count). The molecule has 3 aliphatic heterocycles. The van der Waals surface area contributed by atoms with Crippen LogP contribution < -0.4 is 5.32 Å². The first-order valence-electron chi connectivity index (χ1n) is 15.5. The summed E-state index contributed by atoms with van der Waals surface area (Å²) >= 11 is 0. The monoisotopic (exact) mass is 638 g/mol. The molecule has 2 aromatic rings. The lowest BCUT2D eigenvalue weighted by Crippen LogP contribution is -2.59. The molecule has 0 spiro atoms. The number of hydrogen-bond acceptors (Lipinski definition) is 9. The van der Waals surface area contributed by atoms with Gasteiger partial charge in [0.15, 0.2) is 12.0 Å². The van der Waals surface area contributed by atoms with Crippen LogP contribution in [0.2, 0.25) is 0 Å². The molecule has 2 unspecified atom stereocenters. The second-order valence-electron chi connectivity index (χ2n) is 14.3. The third kappa shape index (κ3) is 6.87. The van der Waals surface area contributed by atoms with Gasteiger partial charge in [0, 0.05) is 43.0 Å². The van der Waals surface area contributed by atoms with Crippen molar-refractivity contribution in [1.82, 2.24) is 24.3 Å². The zero-order chi connectivity index (χ0) is 32.9. The smallest absolute Gasteiger partial charge is 0.410 e. The molecule has 0 saturated carbocycles. The SMILES string of the molecule is Cc1ccc(S(=O)(=O)N2C=CC3C(Nc4cc(C(C)(C)C)[nH]n4)=NC(N4CCN(C(=O)OC(C)(C)C)[C@H](C(C)C)C4)=NC32)cc1. The Kier molecular flexibility index (Phi) is 8.54. The van der Waals surface area contributed by atoms with E-state index >= 15 is 0 Å². The van der Waals surface area contributed by atoms with Crippen molar-refractivity contribution in [2.75, 3.05) is 25.0 Å². The number of anilines is 1. The summed E-state index contributed by atoms with van der Waals surface area (Å²) in [5, 5.41) is 10.9. The molecule has 1 amide bonds. The number of nitrogens with one attached hydrogen (secondary N) is 2. The average molecular weight is 639 g/mol. The number of amides is 1. The largest absolute Gasteiger partial charge is 0.444 e. The topological polar surface area (TPSA) is 136 Å². The number of nitrogens with zero attached hydrogens (tertiary/aromatic N) is 6. The molecule has 1 aromatic carbocycles. The highest BCUT2D eigenvalue weighted by atomic mass is 32.2. The molecule has 0 radical (unpaired) electrons. The number of ether oxygens (including phenoxy) is 1. The van der Waals surface area contributed by atoms with Gasteiger partial charge in [-0.3, -0.25) is 5.10 Å². The highest BCUT2D eigenvalue weighted by molar-refractivity contribution is 7.89. The fraction of sp³-hybridized carbons (Fsp3) is 0.562. The van der Waals surface area contributed by atoms with Gasteiger partial charge >= 0.3 is 6.09 Å². The number of H-pyrrole nitrogens is 1. The van der Waals surface area contributed by atoms with Gasteiger partial charge in [-0.2, -0.15) is 10.1 Å². The van der Waals surface area contributed by atoms with E-state index in [-0.39, 0.29) is 28.4 Å². The Bertz CT molecular complexity index is 1610.